The number of carbonyl (C=O) groups is 1. The van der Waals surface area contributed by atoms with Crippen LogP contribution in [0.5, 0.6) is 0 Å². The van der Waals surface area contributed by atoms with E-state index in [4.69, 9.17) is 9.47 Å². The minimum Gasteiger partial charge on any atom is -0.447 e. The van der Waals surface area contributed by atoms with Gasteiger partial charge < -0.3 is 9.47 Å². The minimum atomic E-state index is -0.575. The standard InChI is InChI=1S/C9H13N3O4/c1-6-8(12-16-11-6)10-9(13)15-5-7-3-2-4-14-7/h7H,2-5H2,1H3,(H,10,12,13)/t7-/m0/s1. The van der Waals surface area contributed by atoms with Crippen molar-refractivity contribution in [3.63, 3.8) is 0 Å². The lowest BCUT2D eigenvalue weighted by molar-refractivity contribution is 0.0484. The van der Waals surface area contributed by atoms with Gasteiger partial charge in [-0.3, -0.25) is 5.32 Å². The summed E-state index contributed by atoms with van der Waals surface area (Å²) in [7, 11) is 0. The molecular formula is C9H13N3O4. The second-order valence-corrected chi connectivity index (χ2v) is 3.56. The lowest BCUT2D eigenvalue weighted by Crippen LogP contribution is -2.21. The van der Waals surface area contributed by atoms with Crippen LogP contribution < -0.4 is 5.32 Å². The largest absolute Gasteiger partial charge is 0.447 e. The first kappa shape index (κ1) is 10.9. The van der Waals surface area contributed by atoms with Gasteiger partial charge in [0.25, 0.3) is 0 Å². The second-order valence-electron chi connectivity index (χ2n) is 3.56. The summed E-state index contributed by atoms with van der Waals surface area (Å²) in [4.78, 5) is 11.3. The molecule has 1 amide bonds. The minimum absolute atomic E-state index is 0.0160. The lowest BCUT2D eigenvalue weighted by Gasteiger charge is -2.09. The third kappa shape index (κ3) is 2.69. The monoisotopic (exact) mass is 227 g/mol. The van der Waals surface area contributed by atoms with Crippen LogP contribution in [0.4, 0.5) is 10.6 Å². The Labute approximate surface area is 92.1 Å². The number of ether oxygens (including phenoxy) is 2. The summed E-state index contributed by atoms with van der Waals surface area (Å²) >= 11 is 0. The third-order valence-corrected chi connectivity index (χ3v) is 2.30. The van der Waals surface area contributed by atoms with E-state index in [1.165, 1.54) is 0 Å². The molecule has 1 aromatic rings. The summed E-state index contributed by atoms with van der Waals surface area (Å²) in [5, 5.41) is 9.46. The van der Waals surface area contributed by atoms with Gasteiger partial charge in [0.1, 0.15) is 12.3 Å². The van der Waals surface area contributed by atoms with E-state index < -0.39 is 6.09 Å². The van der Waals surface area contributed by atoms with Gasteiger partial charge in [-0.15, -0.1) is 0 Å². The van der Waals surface area contributed by atoms with Gasteiger partial charge in [0.05, 0.1) is 6.10 Å². The molecule has 1 aliphatic heterocycles. The molecule has 1 aromatic heterocycles. The van der Waals surface area contributed by atoms with Gasteiger partial charge in [0.2, 0.25) is 5.82 Å². The van der Waals surface area contributed by atoms with E-state index in [0.29, 0.717) is 5.69 Å². The Morgan fingerprint density at radius 3 is 3.12 bits per heavy atom. The molecule has 2 heterocycles. The number of aryl methyl sites for hydroxylation is 1. The maximum atomic E-state index is 11.3. The first-order valence-electron chi connectivity index (χ1n) is 5.10. The number of anilines is 1. The normalized spacial score (nSPS) is 19.7. The number of nitrogens with zero attached hydrogens (tertiary/aromatic N) is 2. The molecule has 7 nitrogen and oxygen atoms in total. The fourth-order valence-electron chi connectivity index (χ4n) is 1.42. The van der Waals surface area contributed by atoms with Crippen molar-refractivity contribution in [3.8, 4) is 0 Å². The summed E-state index contributed by atoms with van der Waals surface area (Å²) in [5.74, 6) is 0.275. The molecule has 1 atom stereocenters. The highest BCUT2D eigenvalue weighted by atomic mass is 16.6. The van der Waals surface area contributed by atoms with Crippen molar-refractivity contribution in [3.05, 3.63) is 5.69 Å². The van der Waals surface area contributed by atoms with Crippen molar-refractivity contribution in [2.24, 2.45) is 0 Å². The molecule has 0 unspecified atom stereocenters. The van der Waals surface area contributed by atoms with E-state index in [9.17, 15) is 4.79 Å². The molecule has 1 N–H and O–H groups in total. The Morgan fingerprint density at radius 1 is 1.62 bits per heavy atom. The van der Waals surface area contributed by atoms with Crippen molar-refractivity contribution in [1.29, 1.82) is 0 Å². The van der Waals surface area contributed by atoms with E-state index in [-0.39, 0.29) is 18.5 Å². The van der Waals surface area contributed by atoms with Crippen molar-refractivity contribution in [2.45, 2.75) is 25.9 Å². The van der Waals surface area contributed by atoms with E-state index in [2.05, 4.69) is 20.3 Å². The number of amides is 1. The molecule has 0 spiro atoms. The Kier molecular flexibility index (Phi) is 3.35. The number of rotatable bonds is 3. The van der Waals surface area contributed by atoms with Gasteiger partial charge in [-0.2, -0.15) is 0 Å². The summed E-state index contributed by atoms with van der Waals surface area (Å²) in [6.45, 7) is 2.67. The Morgan fingerprint density at radius 2 is 2.50 bits per heavy atom. The van der Waals surface area contributed by atoms with Crippen molar-refractivity contribution in [1.82, 2.24) is 10.3 Å². The fraction of sp³-hybridized carbons (Fsp3) is 0.667. The first-order valence-corrected chi connectivity index (χ1v) is 5.10. The van der Waals surface area contributed by atoms with Crippen LogP contribution >= 0.6 is 0 Å². The molecule has 0 aliphatic carbocycles. The molecule has 0 radical (unpaired) electrons. The number of aromatic nitrogens is 2. The predicted molar refractivity (Wildman–Crippen MR) is 53.0 cm³/mol. The SMILES string of the molecule is Cc1nonc1NC(=O)OC[C@@H]1CCCO1. The van der Waals surface area contributed by atoms with Crippen LogP contribution in [0, 0.1) is 6.92 Å². The summed E-state index contributed by atoms with van der Waals surface area (Å²) in [6.07, 6.45) is 1.39. The van der Waals surface area contributed by atoms with Gasteiger partial charge in [0, 0.05) is 6.61 Å². The van der Waals surface area contributed by atoms with Gasteiger partial charge in [-0.05, 0) is 24.9 Å². The molecule has 1 fully saturated rings. The van der Waals surface area contributed by atoms with E-state index in [1.807, 2.05) is 0 Å². The Balaban J connectivity index is 1.74. The molecule has 2 rings (SSSR count). The zero-order valence-corrected chi connectivity index (χ0v) is 8.93. The number of nitrogens with one attached hydrogen (secondary N) is 1. The molecule has 0 bridgehead atoms. The highest BCUT2D eigenvalue weighted by Gasteiger charge is 2.18. The Hall–Kier alpha value is -1.63. The average molecular weight is 227 g/mol. The van der Waals surface area contributed by atoms with Crippen LogP contribution in [-0.4, -0.2) is 35.7 Å². The highest BCUT2D eigenvalue weighted by Crippen LogP contribution is 2.12. The van der Waals surface area contributed by atoms with Crippen LogP contribution in [0.15, 0.2) is 4.63 Å². The molecular weight excluding hydrogens is 214 g/mol. The van der Waals surface area contributed by atoms with Crippen LogP contribution in [0.25, 0.3) is 0 Å². The lowest BCUT2D eigenvalue weighted by atomic mass is 10.2. The molecule has 0 saturated carbocycles. The Bertz CT molecular complexity index is 359. The van der Waals surface area contributed by atoms with Gasteiger partial charge >= 0.3 is 6.09 Å². The van der Waals surface area contributed by atoms with Crippen molar-refractivity contribution < 1.29 is 18.9 Å². The van der Waals surface area contributed by atoms with E-state index >= 15 is 0 Å². The topological polar surface area (TPSA) is 86.5 Å². The van der Waals surface area contributed by atoms with Crippen molar-refractivity contribution >= 4 is 11.9 Å². The molecule has 16 heavy (non-hydrogen) atoms. The predicted octanol–water partition coefficient (Wildman–Crippen LogP) is 1.11. The summed E-state index contributed by atoms with van der Waals surface area (Å²) in [6, 6.07) is 0. The van der Waals surface area contributed by atoms with Gasteiger partial charge in [0.15, 0.2) is 0 Å². The van der Waals surface area contributed by atoms with Crippen LogP contribution in [0.2, 0.25) is 0 Å². The smallest absolute Gasteiger partial charge is 0.413 e. The van der Waals surface area contributed by atoms with E-state index in [1.54, 1.807) is 6.92 Å². The number of carbonyl (C=O) groups excluding carboxylic acids is 1. The molecule has 88 valence electrons. The van der Waals surface area contributed by atoms with Crippen LogP contribution in [-0.2, 0) is 9.47 Å². The van der Waals surface area contributed by atoms with Gasteiger partial charge in [-0.1, -0.05) is 5.16 Å². The third-order valence-electron chi connectivity index (χ3n) is 2.30. The van der Waals surface area contributed by atoms with Gasteiger partial charge in [-0.25, -0.2) is 9.42 Å². The molecule has 7 heteroatoms. The number of hydrogen-bond acceptors (Lipinski definition) is 6. The van der Waals surface area contributed by atoms with E-state index in [0.717, 1.165) is 19.4 Å². The maximum absolute atomic E-state index is 11.3. The molecule has 1 aliphatic rings. The quantitative estimate of drug-likeness (QED) is 0.832. The van der Waals surface area contributed by atoms with Crippen molar-refractivity contribution in [2.75, 3.05) is 18.5 Å². The zero-order valence-electron chi connectivity index (χ0n) is 8.93. The van der Waals surface area contributed by atoms with Crippen LogP contribution in [0.1, 0.15) is 18.5 Å². The molecule has 1 saturated heterocycles. The second kappa shape index (κ2) is 4.93. The average Bonchev–Trinajstić information content (AvgIpc) is 2.88. The van der Waals surface area contributed by atoms with Crippen LogP contribution in [0.3, 0.4) is 0 Å². The zero-order chi connectivity index (χ0) is 11.4. The summed E-state index contributed by atoms with van der Waals surface area (Å²) in [5.41, 5.74) is 0.508. The fourth-order valence-corrected chi connectivity index (χ4v) is 1.42. The first-order chi connectivity index (χ1) is 7.75. The number of hydrogen-bond donors (Lipinski definition) is 1. The highest BCUT2D eigenvalue weighted by molar-refractivity contribution is 5.83. The summed E-state index contributed by atoms with van der Waals surface area (Å²) < 4.78 is 14.7. The molecule has 0 aromatic carbocycles. The maximum Gasteiger partial charge on any atom is 0.413 e.